The molecule has 4 amide bonds. The van der Waals surface area contributed by atoms with Gasteiger partial charge in [0.2, 0.25) is 0 Å². The molecule has 13 heteroatoms. The highest BCUT2D eigenvalue weighted by Crippen LogP contribution is 2.46. The first kappa shape index (κ1) is 46.0. The van der Waals surface area contributed by atoms with Crippen LogP contribution in [0.25, 0.3) is 21.9 Å². The molecule has 64 heavy (non-hydrogen) atoms. The van der Waals surface area contributed by atoms with Crippen LogP contribution in [0.5, 0.6) is 5.75 Å². The van der Waals surface area contributed by atoms with Gasteiger partial charge in [-0.3, -0.25) is 4.90 Å². The van der Waals surface area contributed by atoms with Gasteiger partial charge in [-0.2, -0.15) is 0 Å². The molecule has 0 aromatic heterocycles. The van der Waals surface area contributed by atoms with E-state index in [-0.39, 0.29) is 42.5 Å². The number of urea groups is 1. The van der Waals surface area contributed by atoms with Gasteiger partial charge in [0.15, 0.2) is 0 Å². The van der Waals surface area contributed by atoms with E-state index < -0.39 is 12.1 Å². The summed E-state index contributed by atoms with van der Waals surface area (Å²) in [6, 6.07) is 34.0. The zero-order valence-corrected chi connectivity index (χ0v) is 37.8. The van der Waals surface area contributed by atoms with Crippen LogP contribution in [0.4, 0.5) is 25.8 Å². The number of nitrogens with one attached hydrogen (secondary N) is 4. The van der Waals surface area contributed by atoms with E-state index in [9.17, 15) is 14.4 Å². The number of benzene rings is 5. The summed E-state index contributed by atoms with van der Waals surface area (Å²) in [4.78, 5) is 39.5. The average molecular weight is 890 g/mol. The molecule has 5 aromatic carbocycles. The number of halogens is 1. The number of fused-ring (bicyclic) bond motifs is 6. The quantitative estimate of drug-likeness (QED) is 0.0360. The summed E-state index contributed by atoms with van der Waals surface area (Å²) in [7, 11) is 0. The van der Waals surface area contributed by atoms with Crippen LogP contribution in [0.2, 0.25) is 0 Å². The second kappa shape index (κ2) is 22.1. The zero-order valence-electron chi connectivity index (χ0n) is 37.0. The van der Waals surface area contributed by atoms with Crippen molar-refractivity contribution >= 4 is 52.0 Å². The maximum atomic E-state index is 13.3. The standard InChI is InChI=1S/C51H61ClN6O6/c1-4-5-25-62-51(61)58-30-35(27-52)48-43-19-11-10-18-42(43)47(26-46(48)58)63-31-34-20-22-36(23-21-34)55-28-37(13-12-24-54-49(53)59)56-29-45(33(2)3)57-50(60)64-32-44-40-16-8-6-14-38(40)39-15-7-9-17-41(39)44/h6-11,14-23,26,33,35,37,44-45,55-56H,4-5,12-13,24-25,27-32H2,1-3H3,(H,57,60)(H3,53,54,59)/t35?,37-,45+/m1/s1. The third-order valence-corrected chi connectivity index (χ3v) is 12.6. The average Bonchev–Trinajstić information content (AvgIpc) is 3.85. The van der Waals surface area contributed by atoms with Gasteiger partial charge in [0, 0.05) is 73.1 Å². The monoisotopic (exact) mass is 888 g/mol. The number of nitrogens with two attached hydrogens (primary N) is 1. The smallest absolute Gasteiger partial charge is 0.414 e. The Kier molecular flexibility index (Phi) is 15.9. The molecule has 0 saturated heterocycles. The van der Waals surface area contributed by atoms with Gasteiger partial charge in [0.05, 0.1) is 12.3 Å². The number of amides is 4. The largest absolute Gasteiger partial charge is 0.488 e. The van der Waals surface area contributed by atoms with E-state index in [4.69, 9.17) is 31.5 Å². The van der Waals surface area contributed by atoms with Crippen LogP contribution in [0.3, 0.4) is 0 Å². The number of nitrogens with zero attached hydrogens (tertiary/aromatic N) is 1. The molecule has 1 unspecified atom stereocenters. The summed E-state index contributed by atoms with van der Waals surface area (Å²) in [6.45, 7) is 9.22. The van der Waals surface area contributed by atoms with Crippen LogP contribution < -0.4 is 36.6 Å². The Balaban J connectivity index is 0.951. The van der Waals surface area contributed by atoms with Crippen molar-refractivity contribution in [2.24, 2.45) is 11.7 Å². The Morgan fingerprint density at radius 1 is 0.859 bits per heavy atom. The molecule has 3 atom stereocenters. The fraction of sp³-hybridized carbons (Fsp3) is 0.392. The van der Waals surface area contributed by atoms with Crippen molar-refractivity contribution < 1.29 is 28.6 Å². The van der Waals surface area contributed by atoms with Gasteiger partial charge in [-0.15, -0.1) is 11.6 Å². The predicted octanol–water partition coefficient (Wildman–Crippen LogP) is 9.88. The van der Waals surface area contributed by atoms with E-state index in [0.717, 1.165) is 52.5 Å². The molecule has 5 aromatic rings. The van der Waals surface area contributed by atoms with Crippen molar-refractivity contribution in [3.63, 3.8) is 0 Å². The third-order valence-electron chi connectivity index (χ3n) is 12.3. The summed E-state index contributed by atoms with van der Waals surface area (Å²) < 4.78 is 18.0. The molecule has 0 saturated carbocycles. The number of alkyl halides is 1. The van der Waals surface area contributed by atoms with Crippen LogP contribution in [-0.4, -0.2) is 75.6 Å². The number of hydrogen-bond donors (Lipinski definition) is 5. The van der Waals surface area contributed by atoms with Gasteiger partial charge < -0.3 is 41.2 Å². The maximum absolute atomic E-state index is 13.3. The molecule has 0 fully saturated rings. The fourth-order valence-electron chi connectivity index (χ4n) is 8.71. The van der Waals surface area contributed by atoms with Crippen molar-refractivity contribution in [3.8, 4) is 16.9 Å². The molecule has 1 aliphatic heterocycles. The third kappa shape index (κ3) is 11.2. The van der Waals surface area contributed by atoms with E-state index in [1.807, 2.05) is 72.8 Å². The molecule has 0 bridgehead atoms. The SMILES string of the molecule is CCCCOC(=O)N1CC(CCl)c2c1cc(OCc1ccc(NC[C@@H](CCCNC(N)=O)NC[C@H](NC(=O)OCC3c4ccccc4-c4ccccc43)C(C)C)cc1)c1ccccc21. The van der Waals surface area contributed by atoms with Crippen molar-refractivity contribution in [2.45, 2.75) is 77.0 Å². The number of hydrogen-bond acceptors (Lipinski definition) is 8. The Labute approximate surface area is 381 Å². The number of carbonyl (C=O) groups is 3. The highest BCUT2D eigenvalue weighted by molar-refractivity contribution is 6.19. The number of rotatable bonds is 21. The lowest BCUT2D eigenvalue weighted by molar-refractivity contribution is 0.135. The lowest BCUT2D eigenvalue weighted by Gasteiger charge is -2.27. The van der Waals surface area contributed by atoms with Crippen LogP contribution >= 0.6 is 11.6 Å². The summed E-state index contributed by atoms with van der Waals surface area (Å²) >= 11 is 6.46. The highest BCUT2D eigenvalue weighted by Gasteiger charge is 2.36. The van der Waals surface area contributed by atoms with E-state index in [1.54, 1.807) is 4.90 Å². The van der Waals surface area contributed by atoms with Crippen molar-refractivity contribution in [2.75, 3.05) is 55.5 Å². The highest BCUT2D eigenvalue weighted by atomic mass is 35.5. The topological polar surface area (TPSA) is 156 Å². The van der Waals surface area contributed by atoms with Gasteiger partial charge in [-0.1, -0.05) is 112 Å². The summed E-state index contributed by atoms with van der Waals surface area (Å²) in [5.74, 6) is 1.17. The lowest BCUT2D eigenvalue weighted by atomic mass is 9.95. The molecule has 6 N–H and O–H groups in total. The van der Waals surface area contributed by atoms with Gasteiger partial charge in [-0.25, -0.2) is 14.4 Å². The number of ether oxygens (including phenoxy) is 3. The second-order valence-electron chi connectivity index (χ2n) is 17.0. The molecule has 338 valence electrons. The Hall–Kier alpha value is -5.98. The fourth-order valence-corrected chi connectivity index (χ4v) is 8.96. The Morgan fingerprint density at radius 2 is 1.55 bits per heavy atom. The molecule has 1 heterocycles. The number of primary amides is 1. The van der Waals surface area contributed by atoms with Crippen molar-refractivity contribution in [1.82, 2.24) is 16.0 Å². The van der Waals surface area contributed by atoms with E-state index in [0.29, 0.717) is 57.4 Å². The van der Waals surface area contributed by atoms with Gasteiger partial charge in [0.1, 0.15) is 19.0 Å². The summed E-state index contributed by atoms with van der Waals surface area (Å²) in [5.41, 5.74) is 13.8. The Morgan fingerprint density at radius 3 is 2.22 bits per heavy atom. The van der Waals surface area contributed by atoms with Gasteiger partial charge in [-0.05, 0) is 76.1 Å². The molecule has 1 aliphatic carbocycles. The zero-order chi connectivity index (χ0) is 45.0. The van der Waals surface area contributed by atoms with Gasteiger partial charge in [0.25, 0.3) is 0 Å². The summed E-state index contributed by atoms with van der Waals surface area (Å²) in [5, 5.41) is 15.0. The molecule has 12 nitrogen and oxygen atoms in total. The molecule has 7 rings (SSSR count). The number of alkyl carbamates (subject to hydrolysis) is 1. The maximum Gasteiger partial charge on any atom is 0.414 e. The van der Waals surface area contributed by atoms with Crippen molar-refractivity contribution in [3.05, 3.63) is 125 Å². The molecule has 0 spiro atoms. The molecule has 0 radical (unpaired) electrons. The minimum absolute atomic E-state index is 0.0123. The molecular weight excluding hydrogens is 828 g/mol. The van der Waals surface area contributed by atoms with Crippen molar-refractivity contribution in [1.29, 1.82) is 0 Å². The first-order chi connectivity index (χ1) is 31.1. The van der Waals surface area contributed by atoms with Gasteiger partial charge >= 0.3 is 18.2 Å². The minimum atomic E-state index is -0.548. The lowest BCUT2D eigenvalue weighted by Crippen LogP contribution is -2.49. The first-order valence-corrected chi connectivity index (χ1v) is 23.1. The van der Waals surface area contributed by atoms with E-state index in [2.05, 4.69) is 72.4 Å². The number of carbonyl (C=O) groups excluding carboxylic acids is 3. The normalized spacial score (nSPS) is 15.0. The van der Waals surface area contributed by atoms with Crippen LogP contribution in [0.1, 0.15) is 80.5 Å². The van der Waals surface area contributed by atoms with Crippen LogP contribution in [0.15, 0.2) is 103 Å². The second-order valence-corrected chi connectivity index (χ2v) is 17.3. The van der Waals surface area contributed by atoms with E-state index in [1.165, 1.54) is 22.3 Å². The summed E-state index contributed by atoms with van der Waals surface area (Å²) in [6.07, 6.45) is 2.41. The number of anilines is 2. The Bertz CT molecular complexity index is 2330. The minimum Gasteiger partial charge on any atom is -0.488 e. The van der Waals surface area contributed by atoms with Crippen LogP contribution in [-0.2, 0) is 16.1 Å². The first-order valence-electron chi connectivity index (χ1n) is 22.5. The van der Waals surface area contributed by atoms with Crippen LogP contribution in [0, 0.1) is 5.92 Å². The predicted molar refractivity (Wildman–Crippen MR) is 256 cm³/mol. The molecule has 2 aliphatic rings. The van der Waals surface area contributed by atoms with E-state index >= 15 is 0 Å². The number of unbranched alkanes of at least 4 members (excludes halogenated alkanes) is 1. The molecular formula is C51H61ClN6O6.